The summed E-state index contributed by atoms with van der Waals surface area (Å²) >= 11 is 0. The second-order valence-corrected chi connectivity index (χ2v) is 12.3. The molecule has 3 aromatic rings. The van der Waals surface area contributed by atoms with Gasteiger partial charge in [-0.05, 0) is 91.5 Å². The molecule has 6 nitrogen and oxygen atoms in total. The van der Waals surface area contributed by atoms with Crippen molar-refractivity contribution >= 4 is 11.7 Å². The molecule has 1 amide bonds. The highest BCUT2D eigenvalue weighted by Gasteiger charge is 2.28. The summed E-state index contributed by atoms with van der Waals surface area (Å²) in [6.07, 6.45) is 2.34. The highest BCUT2D eigenvalue weighted by Crippen LogP contribution is 2.30. The first-order valence-corrected chi connectivity index (χ1v) is 15.0. The van der Waals surface area contributed by atoms with E-state index >= 15 is 0 Å². The molecule has 42 heavy (non-hydrogen) atoms. The van der Waals surface area contributed by atoms with Crippen LogP contribution in [-0.4, -0.2) is 47.0 Å². The average molecular weight is 574 g/mol. The van der Waals surface area contributed by atoms with E-state index in [1.165, 1.54) is 6.92 Å². The summed E-state index contributed by atoms with van der Waals surface area (Å²) in [5, 5.41) is 3.14. The van der Waals surface area contributed by atoms with Crippen LogP contribution in [0.2, 0.25) is 0 Å². The number of ketones is 1. The molecule has 0 bridgehead atoms. The zero-order valence-corrected chi connectivity index (χ0v) is 25.7. The molecule has 0 aliphatic carbocycles. The van der Waals surface area contributed by atoms with Gasteiger partial charge >= 0.3 is 0 Å². The van der Waals surface area contributed by atoms with E-state index in [0.29, 0.717) is 32.5 Å². The number of likely N-dealkylation sites (tertiary alicyclic amines) is 1. The number of aryl methyl sites for hydroxylation is 3. The van der Waals surface area contributed by atoms with E-state index in [4.69, 9.17) is 0 Å². The lowest BCUT2D eigenvalue weighted by atomic mass is 9.92. The number of rotatable bonds is 12. The van der Waals surface area contributed by atoms with Gasteiger partial charge in [-0.25, -0.2) is 4.39 Å². The predicted octanol–water partition coefficient (Wildman–Crippen LogP) is 6.06. The molecule has 1 fully saturated rings. The van der Waals surface area contributed by atoms with Gasteiger partial charge in [0.15, 0.2) is 0 Å². The number of alkyl halides is 1. The quantitative estimate of drug-likeness (QED) is 0.286. The average Bonchev–Trinajstić information content (AvgIpc) is 2.89. The van der Waals surface area contributed by atoms with Crippen molar-refractivity contribution in [1.29, 1.82) is 0 Å². The van der Waals surface area contributed by atoms with Crippen molar-refractivity contribution in [3.8, 4) is 11.1 Å². The molecular weight excluding hydrogens is 529 g/mol. The summed E-state index contributed by atoms with van der Waals surface area (Å²) in [6.45, 7) is 13.2. The minimum atomic E-state index is -0.761. The van der Waals surface area contributed by atoms with Gasteiger partial charge < -0.3 is 9.88 Å². The smallest absolute Gasteiger partial charge is 0.251 e. The molecule has 1 N–H and O–H groups in total. The second kappa shape index (κ2) is 13.6. The zero-order valence-electron chi connectivity index (χ0n) is 25.7. The minimum Gasteiger partial charge on any atom is -0.347 e. The molecule has 2 atom stereocenters. The lowest BCUT2D eigenvalue weighted by Gasteiger charge is -2.34. The Labute approximate surface area is 248 Å². The summed E-state index contributed by atoms with van der Waals surface area (Å²) in [6, 6.07) is 14.5. The first kappa shape index (κ1) is 31.4. The number of nitrogens with one attached hydrogen (secondary N) is 1. The molecule has 2 heterocycles. The number of carbonyl (C=O) groups excluding carboxylic acids is 2. The molecule has 1 aliphatic heterocycles. The van der Waals surface area contributed by atoms with Crippen molar-refractivity contribution in [2.24, 2.45) is 5.92 Å². The molecule has 224 valence electrons. The standard InChI is InChI=1S/C35H44FN3O3/c1-22(2)15-32(39-19-29(25(5)16-33(39)41)13-14-38-20-30(36)21-38)35(42)37-31(17-26(6)40)27-11-8-12-28(18-27)34-23(3)9-7-10-24(34)4/h7-12,16,18-19,22,30-32H,13-15,17,20-21H2,1-6H3,(H,37,42)/t31-,32-/m0/s1. The Hall–Kier alpha value is -3.58. The number of hydrogen-bond acceptors (Lipinski definition) is 4. The highest BCUT2D eigenvalue weighted by molar-refractivity contribution is 5.83. The number of nitrogens with zero attached hydrogens (tertiary/aromatic N) is 2. The lowest BCUT2D eigenvalue weighted by molar-refractivity contribution is -0.126. The molecule has 0 radical (unpaired) electrons. The molecule has 0 saturated carbocycles. The fourth-order valence-corrected chi connectivity index (χ4v) is 5.94. The van der Waals surface area contributed by atoms with Gasteiger partial charge in [-0.2, -0.15) is 0 Å². The number of benzene rings is 2. The van der Waals surface area contributed by atoms with Crippen LogP contribution >= 0.6 is 0 Å². The SMILES string of the molecule is CC(=O)C[C@H](NC(=O)[C@H](CC(C)C)n1cc(CCN2CC(F)C2)c(C)cc1=O)c1cccc(-c2c(C)cccc2C)c1. The normalized spacial score (nSPS) is 15.3. The maximum atomic E-state index is 14.0. The Kier molecular flexibility index (Phi) is 10.2. The van der Waals surface area contributed by atoms with Crippen molar-refractivity contribution < 1.29 is 14.0 Å². The van der Waals surface area contributed by atoms with Crippen LogP contribution in [0.1, 0.15) is 73.5 Å². The van der Waals surface area contributed by atoms with Gasteiger partial charge in [0.1, 0.15) is 18.0 Å². The zero-order chi connectivity index (χ0) is 30.6. The molecule has 1 aromatic heterocycles. The van der Waals surface area contributed by atoms with Crippen LogP contribution in [0, 0.1) is 26.7 Å². The Bertz CT molecular complexity index is 1470. The summed E-state index contributed by atoms with van der Waals surface area (Å²) in [4.78, 5) is 41.6. The maximum Gasteiger partial charge on any atom is 0.251 e. The van der Waals surface area contributed by atoms with Gasteiger partial charge in [0.2, 0.25) is 5.91 Å². The van der Waals surface area contributed by atoms with Crippen molar-refractivity contribution in [1.82, 2.24) is 14.8 Å². The topological polar surface area (TPSA) is 71.4 Å². The number of halogens is 1. The van der Waals surface area contributed by atoms with Crippen LogP contribution in [0.15, 0.2) is 59.5 Å². The number of carbonyl (C=O) groups is 2. The third-order valence-electron chi connectivity index (χ3n) is 8.21. The molecule has 4 rings (SSSR count). The molecule has 0 spiro atoms. The van der Waals surface area contributed by atoms with Crippen LogP contribution in [0.5, 0.6) is 0 Å². The second-order valence-electron chi connectivity index (χ2n) is 12.3. The molecular formula is C35H44FN3O3. The van der Waals surface area contributed by atoms with Gasteiger partial charge in [-0.3, -0.25) is 19.3 Å². The van der Waals surface area contributed by atoms with Crippen molar-refractivity contribution in [2.75, 3.05) is 19.6 Å². The van der Waals surface area contributed by atoms with E-state index in [1.54, 1.807) is 16.8 Å². The maximum absolute atomic E-state index is 14.0. The predicted molar refractivity (Wildman–Crippen MR) is 167 cm³/mol. The first-order chi connectivity index (χ1) is 19.9. The van der Waals surface area contributed by atoms with E-state index in [0.717, 1.165) is 38.9 Å². The van der Waals surface area contributed by atoms with Gasteiger partial charge in [0, 0.05) is 38.3 Å². The molecule has 0 unspecified atom stereocenters. The fourth-order valence-electron chi connectivity index (χ4n) is 5.94. The van der Waals surface area contributed by atoms with Crippen LogP contribution < -0.4 is 10.9 Å². The highest BCUT2D eigenvalue weighted by atomic mass is 19.1. The fraction of sp³-hybridized carbons (Fsp3) is 0.457. The summed E-state index contributed by atoms with van der Waals surface area (Å²) in [5.74, 6) is -0.166. The first-order valence-electron chi connectivity index (χ1n) is 15.0. The van der Waals surface area contributed by atoms with Gasteiger partial charge in [0.05, 0.1) is 6.04 Å². The molecule has 1 aliphatic rings. The summed E-state index contributed by atoms with van der Waals surface area (Å²) in [7, 11) is 0. The number of pyridine rings is 1. The molecule has 1 saturated heterocycles. The van der Waals surface area contributed by atoms with Crippen LogP contribution in [-0.2, 0) is 16.0 Å². The number of hydrogen-bond donors (Lipinski definition) is 1. The third-order valence-corrected chi connectivity index (χ3v) is 8.21. The number of aromatic nitrogens is 1. The van der Waals surface area contributed by atoms with E-state index in [1.807, 2.05) is 45.0 Å². The van der Waals surface area contributed by atoms with E-state index < -0.39 is 18.3 Å². The van der Waals surface area contributed by atoms with E-state index in [9.17, 15) is 18.8 Å². The van der Waals surface area contributed by atoms with Gasteiger partial charge in [-0.15, -0.1) is 0 Å². The van der Waals surface area contributed by atoms with E-state index in [2.05, 4.69) is 42.3 Å². The Morgan fingerprint density at radius 1 is 1.00 bits per heavy atom. The Morgan fingerprint density at radius 2 is 1.67 bits per heavy atom. The number of amides is 1. The van der Waals surface area contributed by atoms with Gasteiger partial charge in [0.25, 0.3) is 5.56 Å². The Balaban J connectivity index is 1.64. The van der Waals surface area contributed by atoms with Gasteiger partial charge in [-0.1, -0.05) is 50.2 Å². The van der Waals surface area contributed by atoms with Crippen LogP contribution in [0.3, 0.4) is 0 Å². The largest absolute Gasteiger partial charge is 0.347 e. The van der Waals surface area contributed by atoms with Crippen LogP contribution in [0.25, 0.3) is 11.1 Å². The third kappa shape index (κ3) is 7.62. The minimum absolute atomic E-state index is 0.0329. The lowest BCUT2D eigenvalue weighted by Crippen LogP contribution is -2.49. The van der Waals surface area contributed by atoms with Crippen molar-refractivity contribution in [3.63, 3.8) is 0 Å². The van der Waals surface area contributed by atoms with Crippen LogP contribution in [0.4, 0.5) is 4.39 Å². The van der Waals surface area contributed by atoms with Crippen molar-refractivity contribution in [3.05, 3.63) is 92.9 Å². The molecule has 2 aromatic carbocycles. The monoisotopic (exact) mass is 573 g/mol. The number of Topliss-reactive ketones (excluding diaryl/α,β-unsaturated/α-hetero) is 1. The molecule has 7 heteroatoms. The Morgan fingerprint density at radius 3 is 2.29 bits per heavy atom. The van der Waals surface area contributed by atoms with E-state index in [-0.39, 0.29) is 29.6 Å². The van der Waals surface area contributed by atoms with Crippen molar-refractivity contribution in [2.45, 2.75) is 79.1 Å². The summed E-state index contributed by atoms with van der Waals surface area (Å²) < 4.78 is 14.8. The summed E-state index contributed by atoms with van der Waals surface area (Å²) in [5.41, 5.74) is 6.95.